The summed E-state index contributed by atoms with van der Waals surface area (Å²) in [5.74, 6) is -2.59. The van der Waals surface area contributed by atoms with Crippen LogP contribution in [0.3, 0.4) is 0 Å². The highest BCUT2D eigenvalue weighted by Crippen LogP contribution is 2.44. The molecule has 0 saturated heterocycles. The second kappa shape index (κ2) is 28.1. The minimum absolute atomic E-state index is 0.0192. The number of carboxylic acid groups (broad SMARTS) is 1. The summed E-state index contributed by atoms with van der Waals surface area (Å²) in [6.45, 7) is 4.45. The van der Waals surface area contributed by atoms with Gasteiger partial charge in [0.1, 0.15) is 12.6 Å². The van der Waals surface area contributed by atoms with Crippen molar-refractivity contribution in [1.29, 1.82) is 0 Å². The highest BCUT2D eigenvalue weighted by Gasteiger charge is 2.34. The van der Waals surface area contributed by atoms with E-state index in [-0.39, 0.29) is 25.7 Å². The molecule has 3 rings (SSSR count). The molecule has 0 aliphatic heterocycles. The van der Waals surface area contributed by atoms with Crippen LogP contribution in [0.2, 0.25) is 0 Å². The molecule has 0 spiro atoms. The van der Waals surface area contributed by atoms with Gasteiger partial charge in [-0.1, -0.05) is 178 Å². The van der Waals surface area contributed by atoms with Crippen molar-refractivity contribution in [2.75, 3.05) is 19.8 Å². The van der Waals surface area contributed by atoms with Crippen molar-refractivity contribution in [3.63, 3.8) is 0 Å². The number of benzene rings is 2. The lowest BCUT2D eigenvalue weighted by Gasteiger charge is -2.20. The first kappa shape index (κ1) is 47.0. The summed E-state index contributed by atoms with van der Waals surface area (Å²) in [7, 11) is 0. The average molecular weight is 793 g/mol. The topological polar surface area (TPSA) is 149 Å². The molecule has 2 aromatic carbocycles. The van der Waals surface area contributed by atoms with Gasteiger partial charge in [-0.2, -0.15) is 0 Å². The molecule has 1 aliphatic carbocycles. The fraction of sp³-hybridized carbons (Fsp3) is 0.630. The van der Waals surface area contributed by atoms with Gasteiger partial charge in [0.05, 0.1) is 13.2 Å². The molecule has 316 valence electrons. The number of carbonyl (C=O) groups is 5. The minimum atomic E-state index is -1.52. The second-order valence-electron chi connectivity index (χ2n) is 15.2. The van der Waals surface area contributed by atoms with Gasteiger partial charge >= 0.3 is 24.2 Å². The Bertz CT molecular complexity index is 1430. The zero-order chi connectivity index (χ0) is 41.1. The Balaban J connectivity index is 1.49. The van der Waals surface area contributed by atoms with E-state index in [9.17, 15) is 29.1 Å². The molecule has 1 atom stereocenters. The van der Waals surface area contributed by atoms with Gasteiger partial charge < -0.3 is 24.6 Å². The quantitative estimate of drug-likeness (QED) is 0.0606. The molecule has 0 aromatic heterocycles. The van der Waals surface area contributed by atoms with Gasteiger partial charge in [-0.3, -0.25) is 4.79 Å². The van der Waals surface area contributed by atoms with E-state index in [0.717, 1.165) is 60.8 Å². The molecule has 2 N–H and O–H groups in total. The van der Waals surface area contributed by atoms with Crippen LogP contribution >= 0.6 is 0 Å². The Labute approximate surface area is 340 Å². The third kappa shape index (κ3) is 17.3. The maximum atomic E-state index is 13.4. The Kier molecular flexibility index (Phi) is 23.1. The SMILES string of the molecule is CCCCCCCCCCCCOC(=O)N(C(=O)CC[C@H](NC(=O)OCC1c2ccccc2-c2ccccc21)C(=O)O)C(=O)OCCCCCCCCCCCC. The molecule has 11 nitrogen and oxygen atoms in total. The highest BCUT2D eigenvalue weighted by atomic mass is 16.6. The first-order valence-electron chi connectivity index (χ1n) is 21.8. The number of nitrogens with zero attached hydrogens (tertiary/aromatic N) is 1. The molecule has 4 amide bonds. The summed E-state index contributed by atoms with van der Waals surface area (Å²) in [6, 6.07) is 14.2. The van der Waals surface area contributed by atoms with Crippen LogP contribution in [0.5, 0.6) is 0 Å². The molecule has 0 unspecified atom stereocenters. The summed E-state index contributed by atoms with van der Waals surface area (Å²) in [6.07, 6.45) is 17.7. The number of hydrogen-bond donors (Lipinski definition) is 2. The second-order valence-corrected chi connectivity index (χ2v) is 15.2. The summed E-state index contributed by atoms with van der Waals surface area (Å²) in [4.78, 5) is 64.9. The Hall–Kier alpha value is -4.41. The lowest BCUT2D eigenvalue weighted by Crippen LogP contribution is -2.45. The number of nitrogens with one attached hydrogen (secondary N) is 1. The maximum Gasteiger partial charge on any atom is 0.426 e. The van der Waals surface area contributed by atoms with E-state index in [4.69, 9.17) is 14.2 Å². The Morgan fingerprint density at radius 3 is 1.42 bits per heavy atom. The van der Waals surface area contributed by atoms with Crippen LogP contribution in [0.1, 0.15) is 172 Å². The number of imide groups is 3. The van der Waals surface area contributed by atoms with Crippen molar-refractivity contribution >= 4 is 30.2 Å². The number of amides is 4. The van der Waals surface area contributed by atoms with Gasteiger partial charge in [0, 0.05) is 12.3 Å². The van der Waals surface area contributed by atoms with Crippen molar-refractivity contribution in [1.82, 2.24) is 10.2 Å². The van der Waals surface area contributed by atoms with Crippen LogP contribution in [-0.2, 0) is 23.8 Å². The average Bonchev–Trinajstić information content (AvgIpc) is 3.53. The van der Waals surface area contributed by atoms with Crippen molar-refractivity contribution in [3.05, 3.63) is 59.7 Å². The van der Waals surface area contributed by atoms with Crippen molar-refractivity contribution in [3.8, 4) is 11.1 Å². The van der Waals surface area contributed by atoms with Crippen LogP contribution in [-0.4, -0.2) is 66.0 Å². The number of carbonyl (C=O) groups excluding carboxylic acids is 4. The van der Waals surface area contributed by atoms with E-state index in [1.54, 1.807) is 0 Å². The van der Waals surface area contributed by atoms with Crippen molar-refractivity contribution in [2.45, 2.75) is 167 Å². The van der Waals surface area contributed by atoms with E-state index in [1.807, 2.05) is 48.5 Å². The number of rotatable bonds is 29. The molecular formula is C46H68N2O9. The van der Waals surface area contributed by atoms with Crippen molar-refractivity contribution < 1.29 is 43.3 Å². The van der Waals surface area contributed by atoms with Crippen molar-refractivity contribution in [2.24, 2.45) is 0 Å². The zero-order valence-electron chi connectivity index (χ0n) is 34.6. The fourth-order valence-corrected chi connectivity index (χ4v) is 7.32. The van der Waals surface area contributed by atoms with E-state index < -0.39 is 49.0 Å². The van der Waals surface area contributed by atoms with Gasteiger partial charge in [-0.15, -0.1) is 4.90 Å². The molecule has 57 heavy (non-hydrogen) atoms. The number of ether oxygens (including phenoxy) is 3. The standard InChI is InChI=1S/C46H68N2O9/c1-3-5-7-9-11-13-15-17-19-25-33-55-45(53)48(46(54)56-34-26-20-18-16-14-12-10-8-6-4-2)42(49)32-31-41(43(50)51)47-44(52)57-35-40-38-29-23-21-27-36(38)37-28-22-24-30-39(37)40/h21-24,27-30,40-41H,3-20,25-26,31-35H2,1-2H3,(H,47,52)(H,50,51)/t41-/m0/s1. The third-order valence-electron chi connectivity index (χ3n) is 10.6. The number of aliphatic carboxylic acids is 1. The predicted octanol–water partition coefficient (Wildman–Crippen LogP) is 11.7. The monoisotopic (exact) mass is 792 g/mol. The van der Waals surface area contributed by atoms with Crippen LogP contribution in [0.15, 0.2) is 48.5 Å². The van der Waals surface area contributed by atoms with Gasteiger partial charge in [0.15, 0.2) is 0 Å². The summed E-state index contributed by atoms with van der Waals surface area (Å²) in [5, 5.41) is 12.2. The highest BCUT2D eigenvalue weighted by molar-refractivity contribution is 6.06. The van der Waals surface area contributed by atoms with Crippen LogP contribution in [0.25, 0.3) is 11.1 Å². The number of carboxylic acids is 1. The number of fused-ring (bicyclic) bond motifs is 3. The van der Waals surface area contributed by atoms with Gasteiger partial charge in [0.2, 0.25) is 5.91 Å². The zero-order valence-corrected chi connectivity index (χ0v) is 34.6. The Morgan fingerprint density at radius 1 is 0.596 bits per heavy atom. The molecule has 0 saturated carbocycles. The lowest BCUT2D eigenvalue weighted by atomic mass is 9.98. The molecule has 0 radical (unpaired) electrons. The number of unbranched alkanes of at least 4 members (excludes halogenated alkanes) is 18. The van der Waals surface area contributed by atoms with Crippen LogP contribution < -0.4 is 5.32 Å². The Morgan fingerprint density at radius 2 is 1.00 bits per heavy atom. The van der Waals surface area contributed by atoms with E-state index >= 15 is 0 Å². The van der Waals surface area contributed by atoms with Gasteiger partial charge in [-0.25, -0.2) is 19.2 Å². The van der Waals surface area contributed by atoms with Crippen LogP contribution in [0.4, 0.5) is 14.4 Å². The summed E-state index contributed by atoms with van der Waals surface area (Å²) >= 11 is 0. The normalized spacial score (nSPS) is 12.3. The first-order chi connectivity index (χ1) is 27.8. The lowest BCUT2D eigenvalue weighted by molar-refractivity contribution is -0.139. The molecule has 1 aliphatic rings. The number of alkyl carbamates (subject to hydrolysis) is 1. The third-order valence-corrected chi connectivity index (χ3v) is 10.6. The van der Waals surface area contributed by atoms with E-state index in [2.05, 4.69) is 19.2 Å². The van der Waals surface area contributed by atoms with Gasteiger partial charge in [0.25, 0.3) is 0 Å². The first-order valence-corrected chi connectivity index (χ1v) is 21.8. The molecular weight excluding hydrogens is 725 g/mol. The van der Waals surface area contributed by atoms with E-state index in [1.165, 1.54) is 77.0 Å². The predicted molar refractivity (Wildman–Crippen MR) is 222 cm³/mol. The maximum absolute atomic E-state index is 13.4. The van der Waals surface area contributed by atoms with Gasteiger partial charge in [-0.05, 0) is 41.5 Å². The van der Waals surface area contributed by atoms with Crippen LogP contribution in [0, 0.1) is 0 Å². The smallest absolute Gasteiger partial charge is 0.426 e. The fourth-order valence-electron chi connectivity index (χ4n) is 7.32. The molecule has 0 heterocycles. The largest absolute Gasteiger partial charge is 0.480 e. The summed E-state index contributed by atoms with van der Waals surface area (Å²) in [5.41, 5.74) is 4.12. The summed E-state index contributed by atoms with van der Waals surface area (Å²) < 4.78 is 16.2. The van der Waals surface area contributed by atoms with E-state index in [0.29, 0.717) is 17.7 Å². The molecule has 0 fully saturated rings. The molecule has 11 heteroatoms. The minimum Gasteiger partial charge on any atom is -0.480 e. The molecule has 2 aromatic rings. The number of hydrogen-bond acceptors (Lipinski definition) is 8. The molecule has 0 bridgehead atoms.